The first-order chi connectivity index (χ1) is 10.1. The molecular weight excluding hydrogens is 292 g/mol. The van der Waals surface area contributed by atoms with E-state index in [1.54, 1.807) is 37.4 Å². The fourth-order valence-electron chi connectivity index (χ4n) is 1.94. The second-order valence-electron chi connectivity index (χ2n) is 4.39. The van der Waals surface area contributed by atoms with Crippen LogP contribution in [0.2, 0.25) is 5.02 Å². The summed E-state index contributed by atoms with van der Waals surface area (Å²) in [5.41, 5.74) is 0.763. The summed E-state index contributed by atoms with van der Waals surface area (Å²) in [4.78, 5) is 11.4. The molecule has 4 nitrogen and oxygen atoms in total. The summed E-state index contributed by atoms with van der Waals surface area (Å²) in [6.45, 7) is 0. The summed E-state index contributed by atoms with van der Waals surface area (Å²) in [5.74, 6) is -0.0752. The van der Waals surface area contributed by atoms with E-state index in [0.717, 1.165) is 5.56 Å². The van der Waals surface area contributed by atoms with E-state index in [1.165, 1.54) is 0 Å². The van der Waals surface area contributed by atoms with Crippen molar-refractivity contribution in [3.05, 3.63) is 59.1 Å². The molecule has 1 atom stereocenters. The molecule has 0 unspecified atom stereocenters. The van der Waals surface area contributed by atoms with Crippen LogP contribution in [0.4, 0.5) is 0 Å². The third-order valence-electron chi connectivity index (χ3n) is 2.98. The third kappa shape index (κ3) is 3.89. The highest BCUT2D eigenvalue weighted by Crippen LogP contribution is 2.26. The topological polar surface area (TPSA) is 55.8 Å². The molecule has 0 saturated carbocycles. The lowest BCUT2D eigenvalue weighted by atomic mass is 10.1. The fraction of sp³-hybridized carbons (Fsp3) is 0.188. The van der Waals surface area contributed by atoms with Gasteiger partial charge in [0.2, 0.25) is 0 Å². The van der Waals surface area contributed by atoms with E-state index in [9.17, 15) is 9.90 Å². The second kappa shape index (κ2) is 6.99. The molecule has 21 heavy (non-hydrogen) atoms. The van der Waals surface area contributed by atoms with Gasteiger partial charge in [0, 0.05) is 6.42 Å². The number of benzene rings is 2. The highest BCUT2D eigenvalue weighted by Gasteiger charge is 2.22. The smallest absolute Gasteiger partial charge is 0.345 e. The summed E-state index contributed by atoms with van der Waals surface area (Å²) in [6.07, 6.45) is -0.855. The molecule has 0 saturated heterocycles. The van der Waals surface area contributed by atoms with Crippen molar-refractivity contribution in [3.8, 4) is 11.5 Å². The molecule has 1 N–H and O–H groups in total. The highest BCUT2D eigenvalue weighted by atomic mass is 35.5. The monoisotopic (exact) mass is 306 g/mol. The molecule has 0 spiro atoms. The molecule has 0 aromatic heterocycles. The minimum atomic E-state index is -1.05. The molecule has 0 heterocycles. The lowest BCUT2D eigenvalue weighted by Crippen LogP contribution is -2.29. The summed E-state index contributed by atoms with van der Waals surface area (Å²) in [6, 6.07) is 14.0. The van der Waals surface area contributed by atoms with E-state index in [2.05, 4.69) is 0 Å². The Labute approximate surface area is 127 Å². The third-order valence-corrected chi connectivity index (χ3v) is 3.29. The normalized spacial score (nSPS) is 11.7. The van der Waals surface area contributed by atoms with Gasteiger partial charge < -0.3 is 14.6 Å². The van der Waals surface area contributed by atoms with E-state index >= 15 is 0 Å². The summed E-state index contributed by atoms with van der Waals surface area (Å²) in [5, 5.41) is 9.72. The van der Waals surface area contributed by atoms with Crippen LogP contribution in [-0.2, 0) is 11.2 Å². The number of rotatable bonds is 6. The lowest BCUT2D eigenvalue weighted by molar-refractivity contribution is -0.145. The molecule has 0 radical (unpaired) electrons. The van der Waals surface area contributed by atoms with Crippen LogP contribution in [0.15, 0.2) is 48.5 Å². The van der Waals surface area contributed by atoms with Gasteiger partial charge in [0.05, 0.1) is 12.1 Å². The first kappa shape index (κ1) is 15.2. The average Bonchev–Trinajstić information content (AvgIpc) is 2.49. The molecule has 0 aliphatic rings. The SMILES string of the molecule is COc1ccccc1C[C@@H](Oc1ccccc1Cl)C(=O)O. The predicted octanol–water partition coefficient (Wildman–Crippen LogP) is 3.42. The molecule has 0 bridgehead atoms. The summed E-state index contributed by atoms with van der Waals surface area (Å²) >= 11 is 5.99. The molecule has 0 fully saturated rings. The van der Waals surface area contributed by atoms with Crippen LogP contribution in [0, 0.1) is 0 Å². The van der Waals surface area contributed by atoms with Crippen LogP contribution in [0.3, 0.4) is 0 Å². The lowest BCUT2D eigenvalue weighted by Gasteiger charge is -2.17. The van der Waals surface area contributed by atoms with Crippen molar-refractivity contribution in [2.24, 2.45) is 0 Å². The molecule has 2 rings (SSSR count). The average molecular weight is 307 g/mol. The predicted molar refractivity (Wildman–Crippen MR) is 80.2 cm³/mol. The van der Waals surface area contributed by atoms with Crippen LogP contribution in [0.5, 0.6) is 11.5 Å². The first-order valence-corrected chi connectivity index (χ1v) is 6.75. The van der Waals surface area contributed by atoms with E-state index < -0.39 is 12.1 Å². The number of hydrogen-bond acceptors (Lipinski definition) is 3. The molecule has 0 aliphatic heterocycles. The summed E-state index contributed by atoms with van der Waals surface area (Å²) < 4.78 is 10.7. The van der Waals surface area contributed by atoms with Gasteiger partial charge in [-0.2, -0.15) is 0 Å². The van der Waals surface area contributed by atoms with Crippen LogP contribution < -0.4 is 9.47 Å². The Hall–Kier alpha value is -2.20. The quantitative estimate of drug-likeness (QED) is 0.888. The van der Waals surface area contributed by atoms with Crippen molar-refractivity contribution in [3.63, 3.8) is 0 Å². The highest BCUT2D eigenvalue weighted by molar-refractivity contribution is 6.32. The van der Waals surface area contributed by atoms with Crippen LogP contribution in [-0.4, -0.2) is 24.3 Å². The molecule has 2 aromatic carbocycles. The Morgan fingerprint density at radius 2 is 1.76 bits per heavy atom. The Kier molecular flexibility index (Phi) is 5.06. The van der Waals surface area contributed by atoms with Crippen molar-refractivity contribution >= 4 is 17.6 Å². The Morgan fingerprint density at radius 1 is 1.14 bits per heavy atom. The van der Waals surface area contributed by atoms with Gasteiger partial charge in [0.15, 0.2) is 6.10 Å². The maximum Gasteiger partial charge on any atom is 0.345 e. The number of aliphatic carboxylic acids is 1. The zero-order valence-electron chi connectivity index (χ0n) is 11.5. The van der Waals surface area contributed by atoms with E-state index in [4.69, 9.17) is 21.1 Å². The van der Waals surface area contributed by atoms with Crippen molar-refractivity contribution < 1.29 is 19.4 Å². The number of hydrogen-bond donors (Lipinski definition) is 1. The minimum absolute atomic E-state index is 0.185. The number of carboxylic acid groups (broad SMARTS) is 1. The molecule has 2 aromatic rings. The molecule has 5 heteroatoms. The van der Waals surface area contributed by atoms with Crippen molar-refractivity contribution in [1.29, 1.82) is 0 Å². The van der Waals surface area contributed by atoms with Gasteiger partial charge in [-0.25, -0.2) is 4.79 Å². The van der Waals surface area contributed by atoms with Gasteiger partial charge in [-0.3, -0.25) is 0 Å². The zero-order chi connectivity index (χ0) is 15.2. The van der Waals surface area contributed by atoms with Crippen LogP contribution in [0.25, 0.3) is 0 Å². The maximum atomic E-state index is 11.4. The van der Waals surface area contributed by atoms with Crippen molar-refractivity contribution in [2.75, 3.05) is 7.11 Å². The molecule has 110 valence electrons. The number of ether oxygens (including phenoxy) is 2. The summed E-state index contributed by atoms with van der Waals surface area (Å²) in [7, 11) is 1.55. The largest absolute Gasteiger partial charge is 0.496 e. The van der Waals surface area contributed by atoms with Gasteiger partial charge >= 0.3 is 5.97 Å². The molecular formula is C16H15ClO4. The van der Waals surface area contributed by atoms with Gasteiger partial charge in [-0.1, -0.05) is 41.9 Å². The van der Waals surface area contributed by atoms with Gasteiger partial charge in [-0.05, 0) is 23.8 Å². The Bertz CT molecular complexity index is 627. The van der Waals surface area contributed by atoms with Gasteiger partial charge in [0.1, 0.15) is 11.5 Å². The Balaban J connectivity index is 2.20. The Morgan fingerprint density at radius 3 is 2.38 bits per heavy atom. The van der Waals surface area contributed by atoms with E-state index in [0.29, 0.717) is 16.5 Å². The second-order valence-corrected chi connectivity index (χ2v) is 4.80. The maximum absolute atomic E-state index is 11.4. The number of halogens is 1. The van der Waals surface area contributed by atoms with Gasteiger partial charge in [-0.15, -0.1) is 0 Å². The number of para-hydroxylation sites is 2. The number of carbonyl (C=O) groups is 1. The standard InChI is InChI=1S/C16H15ClO4/c1-20-13-8-4-2-6-11(13)10-15(16(18)19)21-14-9-5-3-7-12(14)17/h2-9,15H,10H2,1H3,(H,18,19)/t15-/m1/s1. The molecule has 0 amide bonds. The number of carboxylic acids is 1. The minimum Gasteiger partial charge on any atom is -0.496 e. The zero-order valence-corrected chi connectivity index (χ0v) is 12.2. The molecule has 0 aliphatic carbocycles. The van der Waals surface area contributed by atoms with Crippen molar-refractivity contribution in [2.45, 2.75) is 12.5 Å². The van der Waals surface area contributed by atoms with Crippen LogP contribution >= 0.6 is 11.6 Å². The van der Waals surface area contributed by atoms with Crippen LogP contribution in [0.1, 0.15) is 5.56 Å². The number of methoxy groups -OCH3 is 1. The van der Waals surface area contributed by atoms with Crippen molar-refractivity contribution in [1.82, 2.24) is 0 Å². The first-order valence-electron chi connectivity index (χ1n) is 6.37. The fourth-order valence-corrected chi connectivity index (χ4v) is 2.12. The van der Waals surface area contributed by atoms with E-state index in [-0.39, 0.29) is 6.42 Å². The van der Waals surface area contributed by atoms with Gasteiger partial charge in [0.25, 0.3) is 0 Å². The van der Waals surface area contributed by atoms with E-state index in [1.807, 2.05) is 18.2 Å².